The molecule has 0 spiro atoms. The van der Waals surface area contributed by atoms with Crippen molar-refractivity contribution in [3.8, 4) is 0 Å². The van der Waals surface area contributed by atoms with E-state index in [0.29, 0.717) is 5.92 Å². The second-order valence-electron chi connectivity index (χ2n) is 4.15. The average Bonchev–Trinajstić information content (AvgIpc) is 3.00. The van der Waals surface area contributed by atoms with Crippen molar-refractivity contribution in [3.63, 3.8) is 0 Å². The molecule has 14 heavy (non-hydrogen) atoms. The van der Waals surface area contributed by atoms with Crippen molar-refractivity contribution in [1.82, 2.24) is 0 Å². The van der Waals surface area contributed by atoms with Crippen LogP contribution < -0.4 is 0 Å². The van der Waals surface area contributed by atoms with Crippen LogP contribution in [0.5, 0.6) is 0 Å². The Kier molecular flexibility index (Phi) is 3.04. The first-order chi connectivity index (χ1) is 6.68. The highest BCUT2D eigenvalue weighted by atomic mass is 35.5. The SMILES string of the molecule is CC(C1CC1)C(Cl)c1ccc(Cl)cc1. The van der Waals surface area contributed by atoms with Gasteiger partial charge in [0.25, 0.3) is 0 Å². The monoisotopic (exact) mass is 228 g/mol. The van der Waals surface area contributed by atoms with Crippen molar-refractivity contribution in [2.75, 3.05) is 0 Å². The van der Waals surface area contributed by atoms with Crippen molar-refractivity contribution in [2.24, 2.45) is 11.8 Å². The van der Waals surface area contributed by atoms with Crippen LogP contribution in [0.25, 0.3) is 0 Å². The second-order valence-corrected chi connectivity index (χ2v) is 5.06. The number of benzene rings is 1. The molecular weight excluding hydrogens is 215 g/mol. The van der Waals surface area contributed by atoms with Crippen LogP contribution >= 0.6 is 23.2 Å². The van der Waals surface area contributed by atoms with Gasteiger partial charge in [-0.15, -0.1) is 11.6 Å². The van der Waals surface area contributed by atoms with Crippen molar-refractivity contribution in [3.05, 3.63) is 34.9 Å². The van der Waals surface area contributed by atoms with Crippen LogP contribution in [0.1, 0.15) is 30.7 Å². The molecule has 0 radical (unpaired) electrons. The van der Waals surface area contributed by atoms with Crippen LogP contribution in [0.4, 0.5) is 0 Å². The number of rotatable bonds is 3. The Balaban J connectivity index is 2.09. The summed E-state index contributed by atoms with van der Waals surface area (Å²) in [6.45, 7) is 2.24. The lowest BCUT2D eigenvalue weighted by Gasteiger charge is -2.17. The third-order valence-electron chi connectivity index (χ3n) is 3.02. The molecule has 1 aliphatic rings. The highest BCUT2D eigenvalue weighted by molar-refractivity contribution is 6.30. The summed E-state index contributed by atoms with van der Waals surface area (Å²) in [5, 5.41) is 0.913. The summed E-state index contributed by atoms with van der Waals surface area (Å²) in [5.41, 5.74) is 1.19. The largest absolute Gasteiger partial charge is 0.118 e. The Labute approximate surface area is 95.2 Å². The summed E-state index contributed by atoms with van der Waals surface area (Å²) >= 11 is 12.2. The number of hydrogen-bond acceptors (Lipinski definition) is 0. The van der Waals surface area contributed by atoms with Gasteiger partial charge in [-0.05, 0) is 42.4 Å². The van der Waals surface area contributed by atoms with Gasteiger partial charge in [0, 0.05) is 5.02 Å². The van der Waals surface area contributed by atoms with E-state index >= 15 is 0 Å². The Hall–Kier alpha value is -0.200. The Morgan fingerprint density at radius 2 is 1.79 bits per heavy atom. The highest BCUT2D eigenvalue weighted by Gasteiger charge is 2.32. The van der Waals surface area contributed by atoms with Crippen molar-refractivity contribution < 1.29 is 0 Å². The van der Waals surface area contributed by atoms with Crippen LogP contribution in [0.15, 0.2) is 24.3 Å². The van der Waals surface area contributed by atoms with E-state index in [1.807, 2.05) is 24.3 Å². The van der Waals surface area contributed by atoms with E-state index < -0.39 is 0 Å². The van der Waals surface area contributed by atoms with E-state index in [1.54, 1.807) is 0 Å². The van der Waals surface area contributed by atoms with E-state index in [9.17, 15) is 0 Å². The predicted octanol–water partition coefficient (Wildman–Crippen LogP) is 4.67. The molecule has 1 fully saturated rings. The van der Waals surface area contributed by atoms with Crippen LogP contribution in [-0.4, -0.2) is 0 Å². The van der Waals surface area contributed by atoms with Crippen molar-refractivity contribution >= 4 is 23.2 Å². The molecule has 0 N–H and O–H groups in total. The first kappa shape index (κ1) is 10.3. The maximum Gasteiger partial charge on any atom is 0.0613 e. The standard InChI is InChI=1S/C12H14Cl2/c1-8(9-2-3-9)12(14)10-4-6-11(13)7-5-10/h4-9,12H,2-3H2,1H3. The highest BCUT2D eigenvalue weighted by Crippen LogP contribution is 2.45. The van der Waals surface area contributed by atoms with Gasteiger partial charge in [-0.3, -0.25) is 0 Å². The summed E-state index contributed by atoms with van der Waals surface area (Å²) < 4.78 is 0. The van der Waals surface area contributed by atoms with Gasteiger partial charge in [-0.1, -0.05) is 30.7 Å². The number of alkyl halides is 1. The molecule has 2 unspecified atom stereocenters. The maximum absolute atomic E-state index is 6.40. The van der Waals surface area contributed by atoms with E-state index in [2.05, 4.69) is 6.92 Å². The zero-order chi connectivity index (χ0) is 10.1. The molecule has 1 aliphatic carbocycles. The van der Waals surface area contributed by atoms with Crippen LogP contribution in [0.3, 0.4) is 0 Å². The molecule has 2 atom stereocenters. The lowest BCUT2D eigenvalue weighted by atomic mass is 9.96. The molecule has 0 aromatic heterocycles. The van der Waals surface area contributed by atoms with Crippen LogP contribution in [0.2, 0.25) is 5.02 Å². The smallest absolute Gasteiger partial charge is 0.0613 e. The zero-order valence-electron chi connectivity index (χ0n) is 8.21. The maximum atomic E-state index is 6.40. The van der Waals surface area contributed by atoms with E-state index in [0.717, 1.165) is 10.9 Å². The molecule has 0 aliphatic heterocycles. The average molecular weight is 229 g/mol. The van der Waals surface area contributed by atoms with Gasteiger partial charge in [0.2, 0.25) is 0 Å². The molecule has 0 heterocycles. The first-order valence-corrected chi connectivity index (χ1v) is 5.89. The summed E-state index contributed by atoms with van der Waals surface area (Å²) in [6, 6.07) is 7.87. The lowest BCUT2D eigenvalue weighted by molar-refractivity contribution is 0.491. The Bertz CT molecular complexity index is 301. The Morgan fingerprint density at radius 3 is 2.29 bits per heavy atom. The fourth-order valence-corrected chi connectivity index (χ4v) is 2.29. The molecule has 0 amide bonds. The number of halogens is 2. The van der Waals surface area contributed by atoms with Crippen molar-refractivity contribution in [1.29, 1.82) is 0 Å². The van der Waals surface area contributed by atoms with Gasteiger partial charge in [0.1, 0.15) is 0 Å². The molecule has 1 aromatic rings. The molecule has 2 rings (SSSR count). The fraction of sp³-hybridized carbons (Fsp3) is 0.500. The Morgan fingerprint density at radius 1 is 1.21 bits per heavy atom. The van der Waals surface area contributed by atoms with Crippen molar-refractivity contribution in [2.45, 2.75) is 25.1 Å². The fourth-order valence-electron chi connectivity index (χ4n) is 1.81. The number of hydrogen-bond donors (Lipinski definition) is 0. The molecule has 76 valence electrons. The quantitative estimate of drug-likeness (QED) is 0.661. The minimum Gasteiger partial charge on any atom is -0.118 e. The molecule has 0 nitrogen and oxygen atoms in total. The topological polar surface area (TPSA) is 0 Å². The minimum absolute atomic E-state index is 0.139. The third kappa shape index (κ3) is 2.24. The van der Waals surface area contributed by atoms with Gasteiger partial charge in [-0.2, -0.15) is 0 Å². The molecule has 0 saturated heterocycles. The summed E-state index contributed by atoms with van der Waals surface area (Å²) in [5.74, 6) is 1.42. The normalized spacial score (nSPS) is 20.5. The molecule has 2 heteroatoms. The zero-order valence-corrected chi connectivity index (χ0v) is 9.72. The van der Waals surface area contributed by atoms with E-state index in [4.69, 9.17) is 23.2 Å². The predicted molar refractivity (Wildman–Crippen MR) is 61.9 cm³/mol. The van der Waals surface area contributed by atoms with Gasteiger partial charge in [0.05, 0.1) is 5.38 Å². The van der Waals surface area contributed by atoms with Gasteiger partial charge >= 0.3 is 0 Å². The summed E-state index contributed by atoms with van der Waals surface area (Å²) in [6.07, 6.45) is 2.69. The molecule has 1 aromatic carbocycles. The molecule has 1 saturated carbocycles. The lowest BCUT2D eigenvalue weighted by Crippen LogP contribution is -2.05. The molecular formula is C12H14Cl2. The second kappa shape index (κ2) is 4.12. The van der Waals surface area contributed by atoms with E-state index in [1.165, 1.54) is 18.4 Å². The summed E-state index contributed by atoms with van der Waals surface area (Å²) in [4.78, 5) is 0. The van der Waals surface area contributed by atoms with E-state index in [-0.39, 0.29) is 5.38 Å². The van der Waals surface area contributed by atoms with Gasteiger partial charge in [-0.25, -0.2) is 0 Å². The summed E-state index contributed by atoms with van der Waals surface area (Å²) in [7, 11) is 0. The van der Waals surface area contributed by atoms with Crippen LogP contribution in [0, 0.1) is 11.8 Å². The molecule has 0 bridgehead atoms. The third-order valence-corrected chi connectivity index (χ3v) is 3.92. The van der Waals surface area contributed by atoms with Gasteiger partial charge in [0.15, 0.2) is 0 Å². The van der Waals surface area contributed by atoms with Gasteiger partial charge < -0.3 is 0 Å². The van der Waals surface area contributed by atoms with Crippen LogP contribution in [-0.2, 0) is 0 Å². The minimum atomic E-state index is 0.139. The first-order valence-electron chi connectivity index (χ1n) is 5.08.